The van der Waals surface area contributed by atoms with Crippen LogP contribution in [0.5, 0.6) is 0 Å². The highest BCUT2D eigenvalue weighted by molar-refractivity contribution is 7.13. The lowest BCUT2D eigenvalue weighted by atomic mass is 10.1. The lowest BCUT2D eigenvalue weighted by Crippen LogP contribution is -2.45. The fourth-order valence-corrected chi connectivity index (χ4v) is 4.72. The summed E-state index contributed by atoms with van der Waals surface area (Å²) in [5, 5.41) is 3.01. The van der Waals surface area contributed by atoms with Gasteiger partial charge < -0.3 is 10.2 Å². The van der Waals surface area contributed by atoms with Crippen molar-refractivity contribution in [3.8, 4) is 10.4 Å². The van der Waals surface area contributed by atoms with E-state index in [0.29, 0.717) is 25.1 Å². The lowest BCUT2D eigenvalue weighted by molar-refractivity contribution is -0.125. The zero-order valence-electron chi connectivity index (χ0n) is 17.2. The second-order valence-electron chi connectivity index (χ2n) is 7.65. The zero-order valence-corrected chi connectivity index (χ0v) is 18.0. The number of hydrogen-bond acceptors (Lipinski definition) is 4. The third-order valence-electron chi connectivity index (χ3n) is 5.62. The number of likely N-dealkylation sites (tertiary alicyclic amines) is 1. The molecule has 0 bridgehead atoms. The number of carbonyl (C=O) groups excluding carboxylic acids is 2. The SMILES string of the molecule is Cc1ccccc1C(=O)N1CCC[C@H]1C(=O)NCc1ccc(-c2scnc2C)cc1. The number of rotatable bonds is 5. The van der Waals surface area contributed by atoms with Crippen LogP contribution in [0, 0.1) is 13.8 Å². The van der Waals surface area contributed by atoms with Crippen LogP contribution in [-0.4, -0.2) is 34.3 Å². The van der Waals surface area contributed by atoms with E-state index in [2.05, 4.69) is 22.4 Å². The van der Waals surface area contributed by atoms with Crippen LogP contribution < -0.4 is 5.32 Å². The van der Waals surface area contributed by atoms with Crippen LogP contribution in [0.3, 0.4) is 0 Å². The van der Waals surface area contributed by atoms with E-state index < -0.39 is 6.04 Å². The first kappa shape index (κ1) is 20.3. The first-order valence-electron chi connectivity index (χ1n) is 10.2. The second kappa shape index (κ2) is 8.79. The summed E-state index contributed by atoms with van der Waals surface area (Å²) in [6.07, 6.45) is 1.55. The summed E-state index contributed by atoms with van der Waals surface area (Å²) in [5.74, 6) is -0.146. The number of carbonyl (C=O) groups is 2. The topological polar surface area (TPSA) is 62.3 Å². The van der Waals surface area contributed by atoms with E-state index in [0.717, 1.165) is 28.8 Å². The van der Waals surface area contributed by atoms with Crippen molar-refractivity contribution < 1.29 is 9.59 Å². The standard InChI is InChI=1S/C24H25N3O2S/c1-16-6-3-4-7-20(16)24(29)27-13-5-8-21(27)23(28)25-14-18-9-11-19(12-10-18)22-17(2)26-15-30-22/h3-4,6-7,9-12,15,21H,5,8,13-14H2,1-2H3,(H,25,28)/t21-/m0/s1. The summed E-state index contributed by atoms with van der Waals surface area (Å²) in [6.45, 7) is 5.00. The molecular formula is C24H25N3O2S. The number of aryl methyl sites for hydroxylation is 2. The molecule has 3 aromatic rings. The second-order valence-corrected chi connectivity index (χ2v) is 8.51. The highest BCUT2D eigenvalue weighted by atomic mass is 32.1. The van der Waals surface area contributed by atoms with Crippen LogP contribution in [0.4, 0.5) is 0 Å². The van der Waals surface area contributed by atoms with Crippen LogP contribution in [0.25, 0.3) is 10.4 Å². The molecule has 2 heterocycles. The molecule has 1 saturated heterocycles. The van der Waals surface area contributed by atoms with Crippen LogP contribution in [0.15, 0.2) is 54.0 Å². The Balaban J connectivity index is 1.39. The van der Waals surface area contributed by atoms with Gasteiger partial charge in [-0.05, 0) is 49.4 Å². The molecular weight excluding hydrogens is 394 g/mol. The number of nitrogens with one attached hydrogen (secondary N) is 1. The molecule has 0 saturated carbocycles. The van der Waals surface area contributed by atoms with Gasteiger partial charge in [0, 0.05) is 18.7 Å². The maximum atomic E-state index is 13.0. The van der Waals surface area contributed by atoms with E-state index in [1.54, 1.807) is 16.2 Å². The zero-order chi connectivity index (χ0) is 21.1. The largest absolute Gasteiger partial charge is 0.350 e. The molecule has 4 rings (SSSR count). The monoisotopic (exact) mass is 419 g/mol. The van der Waals surface area contributed by atoms with Gasteiger partial charge in [0.2, 0.25) is 5.91 Å². The molecule has 2 aromatic carbocycles. The van der Waals surface area contributed by atoms with Crippen LogP contribution in [0.1, 0.15) is 40.0 Å². The molecule has 0 aliphatic carbocycles. The minimum Gasteiger partial charge on any atom is -0.350 e. The van der Waals surface area contributed by atoms with Gasteiger partial charge in [-0.15, -0.1) is 11.3 Å². The van der Waals surface area contributed by atoms with Crippen molar-refractivity contribution in [2.24, 2.45) is 0 Å². The minimum atomic E-state index is -0.406. The van der Waals surface area contributed by atoms with Crippen LogP contribution >= 0.6 is 11.3 Å². The Morgan fingerprint density at radius 3 is 2.60 bits per heavy atom. The van der Waals surface area contributed by atoms with E-state index in [1.807, 2.05) is 55.8 Å². The Bertz CT molecular complexity index is 1060. The lowest BCUT2D eigenvalue weighted by Gasteiger charge is -2.24. The van der Waals surface area contributed by atoms with Gasteiger partial charge in [0.15, 0.2) is 0 Å². The highest BCUT2D eigenvalue weighted by Crippen LogP contribution is 2.27. The van der Waals surface area contributed by atoms with E-state index >= 15 is 0 Å². The number of aromatic nitrogens is 1. The molecule has 0 unspecified atom stereocenters. The Morgan fingerprint density at radius 2 is 1.90 bits per heavy atom. The van der Waals surface area contributed by atoms with Crippen molar-refractivity contribution in [2.45, 2.75) is 39.3 Å². The maximum absolute atomic E-state index is 13.0. The molecule has 2 amide bonds. The first-order valence-corrected chi connectivity index (χ1v) is 11.1. The summed E-state index contributed by atoms with van der Waals surface area (Å²) in [6, 6.07) is 15.3. The number of amides is 2. The summed E-state index contributed by atoms with van der Waals surface area (Å²) >= 11 is 1.63. The minimum absolute atomic E-state index is 0.0602. The Morgan fingerprint density at radius 1 is 1.13 bits per heavy atom. The van der Waals surface area contributed by atoms with Gasteiger partial charge in [-0.3, -0.25) is 9.59 Å². The number of benzene rings is 2. The van der Waals surface area contributed by atoms with Gasteiger partial charge in [0.05, 0.1) is 16.1 Å². The highest BCUT2D eigenvalue weighted by Gasteiger charge is 2.34. The molecule has 1 N–H and O–H groups in total. The molecule has 1 atom stereocenters. The number of hydrogen-bond donors (Lipinski definition) is 1. The van der Waals surface area contributed by atoms with Crippen LogP contribution in [0.2, 0.25) is 0 Å². The van der Waals surface area contributed by atoms with Gasteiger partial charge in [0.25, 0.3) is 5.91 Å². The normalized spacial score (nSPS) is 15.9. The van der Waals surface area contributed by atoms with Crippen molar-refractivity contribution in [3.63, 3.8) is 0 Å². The van der Waals surface area contributed by atoms with Crippen LogP contribution in [-0.2, 0) is 11.3 Å². The molecule has 0 radical (unpaired) electrons. The first-order chi connectivity index (χ1) is 14.5. The Kier molecular flexibility index (Phi) is 5.95. The number of thiazole rings is 1. The third kappa shape index (κ3) is 4.14. The molecule has 1 fully saturated rings. The quantitative estimate of drug-likeness (QED) is 0.669. The fraction of sp³-hybridized carbons (Fsp3) is 0.292. The average molecular weight is 420 g/mol. The van der Waals surface area contributed by atoms with E-state index in [1.165, 1.54) is 4.88 Å². The smallest absolute Gasteiger partial charge is 0.254 e. The van der Waals surface area contributed by atoms with Gasteiger partial charge in [0.1, 0.15) is 6.04 Å². The van der Waals surface area contributed by atoms with E-state index in [-0.39, 0.29) is 11.8 Å². The van der Waals surface area contributed by atoms with Crippen molar-refractivity contribution in [3.05, 3.63) is 76.4 Å². The Labute approximate surface area is 180 Å². The van der Waals surface area contributed by atoms with Gasteiger partial charge in [-0.25, -0.2) is 4.98 Å². The predicted octanol–water partition coefficient (Wildman–Crippen LogP) is 4.35. The summed E-state index contributed by atoms with van der Waals surface area (Å²) in [4.78, 5) is 33.0. The van der Waals surface area contributed by atoms with Gasteiger partial charge >= 0.3 is 0 Å². The summed E-state index contributed by atoms with van der Waals surface area (Å²) in [7, 11) is 0. The molecule has 154 valence electrons. The van der Waals surface area contributed by atoms with Crippen molar-refractivity contribution in [1.29, 1.82) is 0 Å². The predicted molar refractivity (Wildman–Crippen MR) is 119 cm³/mol. The maximum Gasteiger partial charge on any atom is 0.254 e. The average Bonchev–Trinajstić information content (AvgIpc) is 3.41. The van der Waals surface area contributed by atoms with E-state index in [9.17, 15) is 9.59 Å². The van der Waals surface area contributed by atoms with Crippen molar-refractivity contribution in [2.75, 3.05) is 6.54 Å². The van der Waals surface area contributed by atoms with Crippen molar-refractivity contribution >= 4 is 23.2 Å². The third-order valence-corrected chi connectivity index (χ3v) is 6.60. The molecule has 30 heavy (non-hydrogen) atoms. The van der Waals surface area contributed by atoms with E-state index in [4.69, 9.17) is 0 Å². The summed E-state index contributed by atoms with van der Waals surface area (Å²) < 4.78 is 0. The molecule has 1 aliphatic rings. The molecule has 1 aliphatic heterocycles. The molecule has 0 spiro atoms. The van der Waals surface area contributed by atoms with Gasteiger partial charge in [-0.2, -0.15) is 0 Å². The number of nitrogens with zero attached hydrogens (tertiary/aromatic N) is 2. The molecule has 1 aromatic heterocycles. The molecule has 6 heteroatoms. The summed E-state index contributed by atoms with van der Waals surface area (Å²) in [5.41, 5.74) is 6.65. The molecule has 5 nitrogen and oxygen atoms in total. The fourth-order valence-electron chi connectivity index (χ4n) is 3.91. The Hall–Kier alpha value is -2.99. The van der Waals surface area contributed by atoms with Crippen molar-refractivity contribution in [1.82, 2.24) is 15.2 Å². The van der Waals surface area contributed by atoms with Gasteiger partial charge in [-0.1, -0.05) is 42.5 Å².